The predicted octanol–water partition coefficient (Wildman–Crippen LogP) is 3.58. The minimum atomic E-state index is 0.782. The molecule has 26 heavy (non-hydrogen) atoms. The SMILES string of the molecule is COc1cccc2sc([NH+]=C(Nc3ccccc3)c3ccccc3)nc12. The van der Waals surface area contributed by atoms with E-state index in [4.69, 9.17) is 9.72 Å². The number of hydrogen-bond acceptors (Lipinski definition) is 3. The molecule has 0 radical (unpaired) electrons. The summed E-state index contributed by atoms with van der Waals surface area (Å²) in [4.78, 5) is 8.15. The molecule has 0 saturated carbocycles. The van der Waals surface area contributed by atoms with Crippen molar-refractivity contribution in [3.63, 3.8) is 0 Å². The molecule has 0 amide bonds. The molecule has 0 aliphatic carbocycles. The van der Waals surface area contributed by atoms with Crippen molar-refractivity contribution in [2.45, 2.75) is 0 Å². The van der Waals surface area contributed by atoms with Gasteiger partial charge in [-0.25, -0.2) is 4.99 Å². The van der Waals surface area contributed by atoms with Gasteiger partial charge >= 0.3 is 5.13 Å². The maximum atomic E-state index is 5.42. The van der Waals surface area contributed by atoms with Gasteiger partial charge < -0.3 is 4.74 Å². The highest BCUT2D eigenvalue weighted by Gasteiger charge is 2.15. The maximum absolute atomic E-state index is 5.42. The zero-order chi connectivity index (χ0) is 17.8. The Kier molecular flexibility index (Phi) is 4.62. The lowest BCUT2D eigenvalue weighted by atomic mass is 10.2. The van der Waals surface area contributed by atoms with Crippen molar-refractivity contribution >= 4 is 38.2 Å². The topological polar surface area (TPSA) is 48.1 Å². The van der Waals surface area contributed by atoms with Gasteiger partial charge in [-0.1, -0.05) is 58.8 Å². The van der Waals surface area contributed by atoms with Crippen LogP contribution in [0.4, 0.5) is 10.8 Å². The Balaban J connectivity index is 1.78. The van der Waals surface area contributed by atoms with Crippen LogP contribution >= 0.6 is 11.3 Å². The number of methoxy groups -OCH3 is 1. The minimum Gasteiger partial charge on any atom is -0.493 e. The molecular formula is C21H18N3OS+. The molecule has 4 rings (SSSR count). The van der Waals surface area contributed by atoms with E-state index < -0.39 is 0 Å². The molecule has 0 spiro atoms. The highest BCUT2D eigenvalue weighted by Crippen LogP contribution is 2.29. The van der Waals surface area contributed by atoms with E-state index in [1.807, 2.05) is 66.7 Å². The number of thiazole rings is 1. The Bertz CT molecular complexity index is 1040. The van der Waals surface area contributed by atoms with Crippen LogP contribution in [0.1, 0.15) is 5.56 Å². The molecule has 2 N–H and O–H groups in total. The lowest BCUT2D eigenvalue weighted by Gasteiger charge is -2.04. The van der Waals surface area contributed by atoms with Crippen LogP contribution < -0.4 is 15.0 Å². The number of aromatic nitrogens is 1. The molecule has 0 saturated heterocycles. The average Bonchev–Trinajstić information content (AvgIpc) is 3.11. The molecule has 0 fully saturated rings. The molecule has 5 heteroatoms. The largest absolute Gasteiger partial charge is 0.493 e. The monoisotopic (exact) mass is 360 g/mol. The Morgan fingerprint density at radius 1 is 0.923 bits per heavy atom. The van der Waals surface area contributed by atoms with Crippen LogP contribution in [0.5, 0.6) is 5.75 Å². The molecule has 0 atom stereocenters. The third kappa shape index (κ3) is 3.43. The van der Waals surface area contributed by atoms with Crippen LogP contribution in [0.2, 0.25) is 0 Å². The number of benzene rings is 3. The highest BCUT2D eigenvalue weighted by atomic mass is 32.1. The van der Waals surface area contributed by atoms with Crippen molar-refractivity contribution in [2.75, 3.05) is 12.4 Å². The van der Waals surface area contributed by atoms with Crippen molar-refractivity contribution < 1.29 is 9.73 Å². The van der Waals surface area contributed by atoms with E-state index in [2.05, 4.69) is 22.4 Å². The van der Waals surface area contributed by atoms with Gasteiger partial charge in [-0.3, -0.25) is 5.32 Å². The van der Waals surface area contributed by atoms with E-state index in [1.54, 1.807) is 18.4 Å². The third-order valence-corrected chi connectivity index (χ3v) is 4.88. The van der Waals surface area contributed by atoms with Gasteiger partial charge in [-0.2, -0.15) is 0 Å². The number of nitrogens with one attached hydrogen (secondary N) is 2. The molecule has 128 valence electrons. The van der Waals surface area contributed by atoms with Crippen LogP contribution in [0, 0.1) is 0 Å². The summed E-state index contributed by atoms with van der Waals surface area (Å²) in [5.41, 5.74) is 2.94. The van der Waals surface area contributed by atoms with Crippen LogP contribution in [-0.4, -0.2) is 17.9 Å². The van der Waals surface area contributed by atoms with Gasteiger partial charge in [0.15, 0.2) is 11.3 Å². The van der Waals surface area contributed by atoms with Gasteiger partial charge in [0.2, 0.25) is 5.84 Å². The van der Waals surface area contributed by atoms with Crippen LogP contribution in [-0.2, 0) is 0 Å². The molecule has 4 nitrogen and oxygen atoms in total. The number of anilines is 1. The molecule has 0 bridgehead atoms. The summed E-state index contributed by atoms with van der Waals surface area (Å²) in [6.07, 6.45) is 0. The van der Waals surface area contributed by atoms with Gasteiger partial charge in [0.05, 0.1) is 17.5 Å². The van der Waals surface area contributed by atoms with Crippen LogP contribution in [0.3, 0.4) is 0 Å². The second-order valence-corrected chi connectivity index (χ2v) is 6.71. The zero-order valence-electron chi connectivity index (χ0n) is 14.3. The number of rotatable bonds is 4. The van der Waals surface area contributed by atoms with Crippen molar-refractivity contribution in [2.24, 2.45) is 0 Å². The summed E-state index contributed by atoms with van der Waals surface area (Å²) in [7, 11) is 1.67. The van der Waals surface area contributed by atoms with Gasteiger partial charge in [-0.15, -0.1) is 0 Å². The van der Waals surface area contributed by atoms with E-state index in [0.717, 1.165) is 38.2 Å². The number of hydrogen-bond donors (Lipinski definition) is 2. The number of para-hydroxylation sites is 2. The van der Waals surface area contributed by atoms with E-state index in [-0.39, 0.29) is 0 Å². The summed E-state index contributed by atoms with van der Waals surface area (Å²) in [6, 6.07) is 26.2. The lowest BCUT2D eigenvalue weighted by molar-refractivity contribution is -0.352. The van der Waals surface area contributed by atoms with E-state index in [0.29, 0.717) is 0 Å². The van der Waals surface area contributed by atoms with E-state index in [1.165, 1.54) is 0 Å². The molecule has 0 aliphatic rings. The molecule has 0 unspecified atom stereocenters. The Morgan fingerprint density at radius 2 is 1.65 bits per heavy atom. The fraction of sp³-hybridized carbons (Fsp3) is 0.0476. The van der Waals surface area contributed by atoms with Crippen molar-refractivity contribution in [3.05, 3.63) is 84.4 Å². The summed E-state index contributed by atoms with van der Waals surface area (Å²) in [6.45, 7) is 0. The fourth-order valence-corrected chi connectivity index (χ4v) is 3.58. The minimum absolute atomic E-state index is 0.782. The van der Waals surface area contributed by atoms with Crippen molar-refractivity contribution in [1.82, 2.24) is 4.98 Å². The second-order valence-electron chi connectivity index (χ2n) is 5.68. The van der Waals surface area contributed by atoms with Crippen molar-refractivity contribution in [3.8, 4) is 5.75 Å². The highest BCUT2D eigenvalue weighted by molar-refractivity contribution is 7.21. The zero-order valence-corrected chi connectivity index (χ0v) is 15.1. The van der Waals surface area contributed by atoms with Gasteiger partial charge in [0, 0.05) is 5.56 Å². The number of nitrogens with zero attached hydrogens (tertiary/aromatic N) is 1. The number of ether oxygens (including phenoxy) is 1. The van der Waals surface area contributed by atoms with Gasteiger partial charge in [0.25, 0.3) is 0 Å². The second kappa shape index (κ2) is 7.37. The summed E-state index contributed by atoms with van der Waals surface area (Å²) < 4.78 is 6.50. The lowest BCUT2D eigenvalue weighted by Crippen LogP contribution is -2.68. The molecule has 3 aromatic carbocycles. The Labute approximate surface area is 155 Å². The van der Waals surface area contributed by atoms with Gasteiger partial charge in [0.1, 0.15) is 0 Å². The smallest absolute Gasteiger partial charge is 0.319 e. The third-order valence-electron chi connectivity index (χ3n) is 3.94. The van der Waals surface area contributed by atoms with Crippen LogP contribution in [0.25, 0.3) is 10.2 Å². The first-order chi connectivity index (χ1) is 12.8. The number of fused-ring (bicyclic) bond motifs is 1. The standard InChI is InChI=1S/C21H17N3OS/c1-25-17-13-8-14-18-19(17)23-21(26-18)24-20(15-9-4-2-5-10-15)22-16-11-6-3-7-12-16/h2-14H,1H3,(H,22,23,24)/p+1. The normalized spacial score (nSPS) is 11.5. The predicted molar refractivity (Wildman–Crippen MR) is 107 cm³/mol. The molecule has 0 aliphatic heterocycles. The first-order valence-electron chi connectivity index (χ1n) is 8.28. The van der Waals surface area contributed by atoms with E-state index in [9.17, 15) is 0 Å². The fourth-order valence-electron chi connectivity index (χ4n) is 2.69. The quantitative estimate of drug-likeness (QED) is 0.432. The van der Waals surface area contributed by atoms with E-state index >= 15 is 0 Å². The molecule has 1 heterocycles. The summed E-state index contributed by atoms with van der Waals surface area (Å²) in [5, 5.41) is 4.27. The average molecular weight is 360 g/mol. The molecular weight excluding hydrogens is 342 g/mol. The maximum Gasteiger partial charge on any atom is 0.319 e. The molecule has 4 aromatic rings. The Morgan fingerprint density at radius 3 is 2.38 bits per heavy atom. The van der Waals surface area contributed by atoms with Gasteiger partial charge in [-0.05, 0) is 36.4 Å². The van der Waals surface area contributed by atoms with Crippen LogP contribution in [0.15, 0.2) is 78.9 Å². The van der Waals surface area contributed by atoms with Crippen molar-refractivity contribution in [1.29, 1.82) is 0 Å². The first-order valence-corrected chi connectivity index (χ1v) is 9.10. The molecule has 1 aromatic heterocycles. The Hall–Kier alpha value is -3.18. The first kappa shape index (κ1) is 16.3. The summed E-state index contributed by atoms with van der Waals surface area (Å²) >= 11 is 1.60. The number of amidine groups is 1. The summed E-state index contributed by atoms with van der Waals surface area (Å²) in [5.74, 6) is 1.67.